The number of nitrogens with two attached hydrogens (primary N) is 1. The Bertz CT molecular complexity index is 1300. The molecule has 1 aliphatic rings. The van der Waals surface area contributed by atoms with Gasteiger partial charge in [-0.15, -0.1) is 0 Å². The van der Waals surface area contributed by atoms with Crippen LogP contribution in [0.3, 0.4) is 0 Å². The third kappa shape index (κ3) is 7.77. The monoisotopic (exact) mass is 558 g/mol. The summed E-state index contributed by atoms with van der Waals surface area (Å²) in [7, 11) is -2.72. The van der Waals surface area contributed by atoms with Crippen molar-refractivity contribution in [3.8, 4) is 5.75 Å². The molecule has 3 rings (SSSR count). The zero-order valence-electron chi connectivity index (χ0n) is 21.9. The number of nitrogens with one attached hydrogen (secondary N) is 4. The molecule has 0 aliphatic carbocycles. The molecule has 2 atom stereocenters. The normalized spacial score (nSPS) is 15.8. The smallest absolute Gasteiger partial charge is 0.243 e. The van der Waals surface area contributed by atoms with E-state index in [0.717, 1.165) is 5.56 Å². The van der Waals surface area contributed by atoms with Crippen molar-refractivity contribution in [1.82, 2.24) is 20.3 Å². The van der Waals surface area contributed by atoms with Gasteiger partial charge in [-0.3, -0.25) is 19.8 Å². The van der Waals surface area contributed by atoms with E-state index < -0.39 is 40.3 Å². The standard InChI is InChI=1S/C26H34N6O6S/c1-3-29-23(33)15-21(31-39(36,37)20-12-10-19(38-2)11-13-20)26(35)32-14-4-5-22(32)25(34)30-16-17-6-8-18(9-7-17)24(27)28/h6-13,21-22,31H,3-5,14-16H2,1-2H3,(H3,27,28)(H,29,33)(H,30,34). The Balaban J connectivity index is 1.74. The van der Waals surface area contributed by atoms with Crippen LogP contribution in [0.5, 0.6) is 5.75 Å². The molecule has 2 unspecified atom stereocenters. The minimum atomic E-state index is -4.17. The summed E-state index contributed by atoms with van der Waals surface area (Å²) in [4.78, 5) is 40.2. The molecular weight excluding hydrogens is 524 g/mol. The Morgan fingerprint density at radius 1 is 1.10 bits per heavy atom. The molecule has 3 amide bonds. The minimum Gasteiger partial charge on any atom is -0.497 e. The van der Waals surface area contributed by atoms with Gasteiger partial charge in [-0.1, -0.05) is 24.3 Å². The Labute approximate surface area is 227 Å². The van der Waals surface area contributed by atoms with Crippen molar-refractivity contribution in [2.45, 2.75) is 49.7 Å². The van der Waals surface area contributed by atoms with Gasteiger partial charge < -0.3 is 26.0 Å². The van der Waals surface area contributed by atoms with Crippen LogP contribution >= 0.6 is 0 Å². The van der Waals surface area contributed by atoms with Crippen molar-refractivity contribution >= 4 is 33.6 Å². The molecule has 0 spiro atoms. The maximum Gasteiger partial charge on any atom is 0.243 e. The molecule has 1 heterocycles. The molecule has 0 bridgehead atoms. The molecule has 12 nitrogen and oxygen atoms in total. The number of hydrogen-bond acceptors (Lipinski definition) is 7. The van der Waals surface area contributed by atoms with Crippen LogP contribution in [0.4, 0.5) is 0 Å². The zero-order valence-corrected chi connectivity index (χ0v) is 22.7. The van der Waals surface area contributed by atoms with E-state index in [-0.39, 0.29) is 29.7 Å². The number of benzene rings is 2. The molecule has 0 saturated carbocycles. The Hall–Kier alpha value is -3.97. The highest BCUT2D eigenvalue weighted by molar-refractivity contribution is 7.89. The number of sulfonamides is 1. The Morgan fingerprint density at radius 2 is 1.77 bits per heavy atom. The number of nitrogen functional groups attached to an aromatic ring is 1. The largest absolute Gasteiger partial charge is 0.497 e. The van der Waals surface area contributed by atoms with Gasteiger partial charge in [0.05, 0.1) is 18.4 Å². The van der Waals surface area contributed by atoms with Crippen LogP contribution in [0.25, 0.3) is 0 Å². The highest BCUT2D eigenvalue weighted by Gasteiger charge is 2.39. The van der Waals surface area contributed by atoms with Crippen molar-refractivity contribution in [1.29, 1.82) is 5.41 Å². The Morgan fingerprint density at radius 3 is 2.36 bits per heavy atom. The number of rotatable bonds is 12. The summed E-state index contributed by atoms with van der Waals surface area (Å²) in [6.45, 7) is 2.47. The van der Waals surface area contributed by atoms with Crippen molar-refractivity contribution in [2.24, 2.45) is 5.73 Å². The topological polar surface area (TPSA) is 184 Å². The molecule has 1 saturated heterocycles. The van der Waals surface area contributed by atoms with Crippen LogP contribution in [-0.2, 0) is 31.0 Å². The van der Waals surface area contributed by atoms with Gasteiger partial charge >= 0.3 is 0 Å². The van der Waals surface area contributed by atoms with E-state index in [1.807, 2.05) is 0 Å². The fourth-order valence-electron chi connectivity index (χ4n) is 4.26. The van der Waals surface area contributed by atoms with Gasteiger partial charge in [-0.05, 0) is 49.6 Å². The summed E-state index contributed by atoms with van der Waals surface area (Å²) in [6, 6.07) is 10.2. The number of amides is 3. The highest BCUT2D eigenvalue weighted by Crippen LogP contribution is 2.21. The van der Waals surface area contributed by atoms with Crippen LogP contribution < -0.4 is 25.8 Å². The molecular formula is C26H34N6O6S. The van der Waals surface area contributed by atoms with Gasteiger partial charge in [0, 0.05) is 25.2 Å². The SMILES string of the molecule is CCNC(=O)CC(NS(=O)(=O)c1ccc(OC)cc1)C(=O)N1CCCC1C(=O)NCc1ccc(C(=N)N)cc1. The summed E-state index contributed by atoms with van der Waals surface area (Å²) >= 11 is 0. The molecule has 210 valence electrons. The fourth-order valence-corrected chi connectivity index (χ4v) is 5.45. The number of likely N-dealkylation sites (tertiary alicyclic amines) is 1. The number of carbonyl (C=O) groups excluding carboxylic acids is 3. The maximum absolute atomic E-state index is 13.6. The average Bonchev–Trinajstić information content (AvgIpc) is 3.41. The lowest BCUT2D eigenvalue weighted by molar-refractivity contribution is -0.140. The average molecular weight is 559 g/mol. The lowest BCUT2D eigenvalue weighted by Gasteiger charge is -2.28. The lowest BCUT2D eigenvalue weighted by atomic mass is 10.1. The van der Waals surface area contributed by atoms with Gasteiger partial charge in [0.25, 0.3) is 0 Å². The summed E-state index contributed by atoms with van der Waals surface area (Å²) in [5, 5.41) is 12.9. The van der Waals surface area contributed by atoms with Crippen molar-refractivity contribution < 1.29 is 27.5 Å². The van der Waals surface area contributed by atoms with E-state index in [1.54, 1.807) is 31.2 Å². The molecule has 1 fully saturated rings. The first-order valence-electron chi connectivity index (χ1n) is 12.5. The molecule has 13 heteroatoms. The summed E-state index contributed by atoms with van der Waals surface area (Å²) in [6.07, 6.45) is 0.533. The van der Waals surface area contributed by atoms with Crippen LogP contribution in [-0.4, -0.2) is 69.2 Å². The van der Waals surface area contributed by atoms with Crippen LogP contribution in [0.2, 0.25) is 0 Å². The molecule has 0 aromatic heterocycles. The van der Waals surface area contributed by atoms with Crippen LogP contribution in [0.15, 0.2) is 53.4 Å². The summed E-state index contributed by atoms with van der Waals surface area (Å²) < 4.78 is 33.6. The van der Waals surface area contributed by atoms with Crippen molar-refractivity contribution in [2.75, 3.05) is 20.2 Å². The van der Waals surface area contributed by atoms with E-state index in [4.69, 9.17) is 15.9 Å². The van der Waals surface area contributed by atoms with E-state index in [2.05, 4.69) is 15.4 Å². The molecule has 2 aromatic carbocycles. The second kappa shape index (κ2) is 13.2. The second-order valence-corrected chi connectivity index (χ2v) is 10.7. The predicted molar refractivity (Wildman–Crippen MR) is 144 cm³/mol. The zero-order chi connectivity index (χ0) is 28.6. The highest BCUT2D eigenvalue weighted by atomic mass is 32.2. The van der Waals surface area contributed by atoms with E-state index in [0.29, 0.717) is 30.7 Å². The summed E-state index contributed by atoms with van der Waals surface area (Å²) in [5.41, 5.74) is 6.82. The van der Waals surface area contributed by atoms with Gasteiger partial charge in [0.1, 0.15) is 23.7 Å². The quantitative estimate of drug-likeness (QED) is 0.185. The first kappa shape index (κ1) is 29.6. The van der Waals surface area contributed by atoms with E-state index >= 15 is 0 Å². The van der Waals surface area contributed by atoms with Crippen LogP contribution in [0.1, 0.15) is 37.3 Å². The maximum atomic E-state index is 13.6. The van der Waals surface area contributed by atoms with Gasteiger partial charge in [-0.2, -0.15) is 4.72 Å². The molecule has 6 N–H and O–H groups in total. The number of nitrogens with zero attached hydrogens (tertiary/aromatic N) is 1. The number of methoxy groups -OCH3 is 1. The molecule has 2 aromatic rings. The predicted octanol–water partition coefficient (Wildman–Crippen LogP) is 0.460. The lowest BCUT2D eigenvalue weighted by Crippen LogP contribution is -2.54. The molecule has 1 aliphatic heterocycles. The fraction of sp³-hybridized carbons (Fsp3) is 0.385. The first-order chi connectivity index (χ1) is 18.6. The minimum absolute atomic E-state index is 0.0597. The second-order valence-electron chi connectivity index (χ2n) is 9.03. The first-order valence-corrected chi connectivity index (χ1v) is 14.0. The van der Waals surface area contributed by atoms with Crippen molar-refractivity contribution in [3.63, 3.8) is 0 Å². The number of carbonyl (C=O) groups is 3. The Kier molecular flexibility index (Phi) is 10.0. The number of ether oxygens (including phenoxy) is 1. The van der Waals surface area contributed by atoms with Gasteiger partial charge in [0.2, 0.25) is 27.7 Å². The molecule has 39 heavy (non-hydrogen) atoms. The van der Waals surface area contributed by atoms with Gasteiger partial charge in [-0.25, -0.2) is 8.42 Å². The third-order valence-electron chi connectivity index (χ3n) is 6.30. The van der Waals surface area contributed by atoms with Crippen molar-refractivity contribution in [3.05, 3.63) is 59.7 Å². The summed E-state index contributed by atoms with van der Waals surface area (Å²) in [5.74, 6) is -1.13. The van der Waals surface area contributed by atoms with Crippen LogP contribution in [0, 0.1) is 5.41 Å². The molecule has 0 radical (unpaired) electrons. The van der Waals surface area contributed by atoms with E-state index in [1.165, 1.54) is 36.3 Å². The van der Waals surface area contributed by atoms with E-state index in [9.17, 15) is 22.8 Å². The third-order valence-corrected chi connectivity index (χ3v) is 7.79. The van der Waals surface area contributed by atoms with Gasteiger partial charge in [0.15, 0.2) is 0 Å². The number of amidine groups is 1. The number of hydrogen-bond donors (Lipinski definition) is 5.